The number of tetrazole rings is 1. The molecule has 0 atom stereocenters. The zero-order valence-corrected chi connectivity index (χ0v) is 10.5. The van der Waals surface area contributed by atoms with E-state index in [2.05, 4.69) is 15.4 Å². The quantitative estimate of drug-likeness (QED) is 0.809. The molecule has 0 fully saturated rings. The van der Waals surface area contributed by atoms with E-state index < -0.39 is 0 Å². The van der Waals surface area contributed by atoms with Gasteiger partial charge >= 0.3 is 0 Å². The van der Waals surface area contributed by atoms with Gasteiger partial charge in [0.25, 0.3) is 0 Å². The van der Waals surface area contributed by atoms with Gasteiger partial charge < -0.3 is 4.74 Å². The lowest BCUT2D eigenvalue weighted by molar-refractivity contribution is -0.120. The van der Waals surface area contributed by atoms with Crippen molar-refractivity contribution < 1.29 is 9.53 Å². The molecule has 1 aromatic carbocycles. The third kappa shape index (κ3) is 3.53. The van der Waals surface area contributed by atoms with E-state index in [-0.39, 0.29) is 18.8 Å². The minimum atomic E-state index is -0.113. The predicted octanol–water partition coefficient (Wildman–Crippen LogP) is 1.05. The van der Waals surface area contributed by atoms with E-state index >= 15 is 0 Å². The Morgan fingerprint density at radius 1 is 1.39 bits per heavy atom. The Labute approximate surface area is 109 Å². The highest BCUT2D eigenvalue weighted by Crippen LogP contribution is 2.15. The number of rotatable bonds is 5. The SMILES string of the molecule is Cn1nnc(CC(=O)COc2ccc(Cl)cc2)n1. The van der Waals surface area contributed by atoms with E-state index in [4.69, 9.17) is 16.3 Å². The second-order valence-corrected chi connectivity index (χ2v) is 4.09. The second kappa shape index (κ2) is 5.59. The molecule has 0 aliphatic rings. The Kier molecular flexibility index (Phi) is 3.88. The molecule has 0 aliphatic heterocycles. The van der Waals surface area contributed by atoms with Crippen molar-refractivity contribution in [3.63, 3.8) is 0 Å². The largest absolute Gasteiger partial charge is 0.486 e. The van der Waals surface area contributed by atoms with Crippen LogP contribution in [-0.2, 0) is 18.3 Å². The molecule has 2 aromatic rings. The average Bonchev–Trinajstić information content (AvgIpc) is 2.74. The van der Waals surface area contributed by atoms with Crippen LogP contribution in [0.15, 0.2) is 24.3 Å². The first-order valence-corrected chi connectivity index (χ1v) is 5.64. The van der Waals surface area contributed by atoms with E-state index in [9.17, 15) is 4.79 Å². The molecule has 0 bridgehead atoms. The molecule has 94 valence electrons. The number of carbonyl (C=O) groups excluding carboxylic acids is 1. The molecule has 0 aliphatic carbocycles. The van der Waals surface area contributed by atoms with Gasteiger partial charge in [-0.1, -0.05) is 11.6 Å². The second-order valence-electron chi connectivity index (χ2n) is 3.65. The van der Waals surface area contributed by atoms with E-state index in [0.29, 0.717) is 16.6 Å². The van der Waals surface area contributed by atoms with Crippen LogP contribution in [0.1, 0.15) is 5.82 Å². The molecule has 0 unspecified atom stereocenters. The van der Waals surface area contributed by atoms with Crippen molar-refractivity contribution in [2.45, 2.75) is 6.42 Å². The van der Waals surface area contributed by atoms with Crippen molar-refractivity contribution in [1.29, 1.82) is 0 Å². The molecule has 0 spiro atoms. The minimum absolute atomic E-state index is 0.0279. The third-order valence-electron chi connectivity index (χ3n) is 2.12. The van der Waals surface area contributed by atoms with Crippen LogP contribution in [-0.4, -0.2) is 32.6 Å². The van der Waals surface area contributed by atoms with Crippen LogP contribution in [0, 0.1) is 0 Å². The smallest absolute Gasteiger partial charge is 0.182 e. The number of hydrogen-bond donors (Lipinski definition) is 0. The first-order chi connectivity index (χ1) is 8.63. The molecule has 7 heteroatoms. The van der Waals surface area contributed by atoms with E-state index in [0.717, 1.165) is 0 Å². The van der Waals surface area contributed by atoms with Gasteiger partial charge in [0.2, 0.25) is 0 Å². The van der Waals surface area contributed by atoms with Crippen molar-refractivity contribution in [3.05, 3.63) is 35.1 Å². The summed E-state index contributed by atoms with van der Waals surface area (Å²) in [5, 5.41) is 11.9. The van der Waals surface area contributed by atoms with Gasteiger partial charge in [-0.3, -0.25) is 4.79 Å². The van der Waals surface area contributed by atoms with Gasteiger partial charge in [0, 0.05) is 5.02 Å². The molecule has 1 aromatic heterocycles. The van der Waals surface area contributed by atoms with Crippen LogP contribution in [0.25, 0.3) is 0 Å². The summed E-state index contributed by atoms with van der Waals surface area (Å²) in [6.45, 7) is -0.0279. The van der Waals surface area contributed by atoms with Crippen molar-refractivity contribution in [2.24, 2.45) is 7.05 Å². The number of halogens is 1. The summed E-state index contributed by atoms with van der Waals surface area (Å²) < 4.78 is 5.31. The van der Waals surface area contributed by atoms with Gasteiger partial charge in [-0.15, -0.1) is 10.2 Å². The maximum absolute atomic E-state index is 11.6. The Balaban J connectivity index is 1.83. The summed E-state index contributed by atoms with van der Waals surface area (Å²) in [7, 11) is 1.64. The first-order valence-electron chi connectivity index (χ1n) is 5.26. The molecule has 0 radical (unpaired) electrons. The highest BCUT2D eigenvalue weighted by molar-refractivity contribution is 6.30. The molecule has 0 saturated heterocycles. The topological polar surface area (TPSA) is 69.9 Å². The summed E-state index contributed by atoms with van der Waals surface area (Å²) in [5.74, 6) is 0.875. The normalized spacial score (nSPS) is 10.3. The molecular weight excluding hydrogens is 256 g/mol. The number of hydrogen-bond acceptors (Lipinski definition) is 5. The Morgan fingerprint density at radius 3 is 2.72 bits per heavy atom. The summed E-state index contributed by atoms with van der Waals surface area (Å²) in [6, 6.07) is 6.81. The molecule has 0 saturated carbocycles. The number of ether oxygens (including phenoxy) is 1. The minimum Gasteiger partial charge on any atom is -0.486 e. The van der Waals surface area contributed by atoms with Gasteiger partial charge in [0.15, 0.2) is 11.6 Å². The lowest BCUT2D eigenvalue weighted by Crippen LogP contribution is -2.14. The number of benzene rings is 1. The van der Waals surface area contributed by atoms with Gasteiger partial charge in [-0.2, -0.15) is 4.80 Å². The fraction of sp³-hybridized carbons (Fsp3) is 0.273. The standard InChI is InChI=1S/C11H11ClN4O2/c1-16-14-11(13-15-16)6-9(17)7-18-10-4-2-8(12)3-5-10/h2-5H,6-7H2,1H3. The van der Waals surface area contributed by atoms with Crippen molar-refractivity contribution >= 4 is 17.4 Å². The number of ketones is 1. The lowest BCUT2D eigenvalue weighted by Gasteiger charge is -2.04. The fourth-order valence-electron chi connectivity index (χ4n) is 1.32. The summed E-state index contributed by atoms with van der Waals surface area (Å²) >= 11 is 5.74. The Hall–Kier alpha value is -1.95. The predicted molar refractivity (Wildman–Crippen MR) is 64.5 cm³/mol. The molecular formula is C11H11ClN4O2. The number of nitrogens with zero attached hydrogens (tertiary/aromatic N) is 4. The lowest BCUT2D eigenvalue weighted by atomic mass is 10.3. The van der Waals surface area contributed by atoms with Crippen molar-refractivity contribution in [1.82, 2.24) is 20.2 Å². The van der Waals surface area contributed by atoms with Gasteiger partial charge in [-0.05, 0) is 29.5 Å². The zero-order valence-electron chi connectivity index (χ0n) is 9.71. The number of aromatic nitrogens is 4. The Morgan fingerprint density at radius 2 is 2.11 bits per heavy atom. The zero-order chi connectivity index (χ0) is 13.0. The highest BCUT2D eigenvalue weighted by atomic mass is 35.5. The first kappa shape index (κ1) is 12.5. The summed E-state index contributed by atoms with van der Waals surface area (Å²) in [5.41, 5.74) is 0. The van der Waals surface area contributed by atoms with Crippen LogP contribution >= 0.6 is 11.6 Å². The van der Waals surface area contributed by atoms with Crippen LogP contribution in [0.4, 0.5) is 0 Å². The van der Waals surface area contributed by atoms with E-state index in [1.54, 1.807) is 31.3 Å². The van der Waals surface area contributed by atoms with Crippen LogP contribution in [0.5, 0.6) is 5.75 Å². The molecule has 0 amide bonds. The maximum Gasteiger partial charge on any atom is 0.182 e. The van der Waals surface area contributed by atoms with Gasteiger partial charge in [0.05, 0.1) is 13.5 Å². The average molecular weight is 267 g/mol. The number of aryl methyl sites for hydroxylation is 1. The van der Waals surface area contributed by atoms with Crippen molar-refractivity contribution in [2.75, 3.05) is 6.61 Å². The van der Waals surface area contributed by atoms with Gasteiger partial charge in [0.1, 0.15) is 12.4 Å². The molecule has 18 heavy (non-hydrogen) atoms. The van der Waals surface area contributed by atoms with Crippen LogP contribution in [0.2, 0.25) is 5.02 Å². The molecule has 2 rings (SSSR count). The summed E-state index contributed by atoms with van der Waals surface area (Å²) in [4.78, 5) is 12.9. The monoisotopic (exact) mass is 266 g/mol. The number of carbonyl (C=O) groups is 1. The Bertz CT molecular complexity index is 538. The molecule has 1 heterocycles. The maximum atomic E-state index is 11.6. The van der Waals surface area contributed by atoms with Crippen LogP contribution < -0.4 is 4.74 Å². The molecule has 6 nitrogen and oxygen atoms in total. The van der Waals surface area contributed by atoms with Gasteiger partial charge in [-0.25, -0.2) is 0 Å². The van der Waals surface area contributed by atoms with E-state index in [1.165, 1.54) is 4.80 Å². The van der Waals surface area contributed by atoms with E-state index in [1.807, 2.05) is 0 Å². The highest BCUT2D eigenvalue weighted by Gasteiger charge is 2.09. The molecule has 0 N–H and O–H groups in total. The van der Waals surface area contributed by atoms with Crippen LogP contribution in [0.3, 0.4) is 0 Å². The third-order valence-corrected chi connectivity index (χ3v) is 2.37. The summed E-state index contributed by atoms with van der Waals surface area (Å²) in [6.07, 6.45) is 0.113. The van der Waals surface area contributed by atoms with Crippen molar-refractivity contribution in [3.8, 4) is 5.75 Å². The number of Topliss-reactive ketones (excluding diaryl/α,β-unsaturated/α-hetero) is 1. The fourth-order valence-corrected chi connectivity index (χ4v) is 1.44.